The van der Waals surface area contributed by atoms with Crippen molar-refractivity contribution in [2.45, 2.75) is 42.7 Å². The smallest absolute Gasteiger partial charge is 0.257 e. The molecular weight excluding hydrogens is 444 g/mol. The summed E-state index contributed by atoms with van der Waals surface area (Å²) in [6.45, 7) is -0.412. The standard InChI is InChI=1S/C21H25F2N3O5S/c1-32(30,31)16-4-2-14(3-5-16)17(8-13-9-18(22)19(23)10-13)21(29)24-20-6-7-26(25-20)11-15(28)12-27/h2-8,13,15,18-19,27-28H,9-12H2,1H3,(H,24,25,29)/b17-8+/t13-,15-,18+,19-/m0/s1. The Bertz CT molecular complexity index is 1080. The molecule has 2 aromatic rings. The van der Waals surface area contributed by atoms with Crippen LogP contribution in [0.1, 0.15) is 18.4 Å². The summed E-state index contributed by atoms with van der Waals surface area (Å²) in [5, 5.41) is 25.1. The third kappa shape index (κ3) is 5.99. The monoisotopic (exact) mass is 469 g/mol. The van der Waals surface area contributed by atoms with Gasteiger partial charge in [0.05, 0.1) is 24.2 Å². The van der Waals surface area contributed by atoms with Gasteiger partial charge in [-0.3, -0.25) is 9.48 Å². The van der Waals surface area contributed by atoms with Crippen LogP contribution in [0.2, 0.25) is 0 Å². The summed E-state index contributed by atoms with van der Waals surface area (Å²) < 4.78 is 52.1. The molecule has 0 radical (unpaired) electrons. The van der Waals surface area contributed by atoms with Crippen LogP contribution in [0.4, 0.5) is 14.6 Å². The Kier molecular flexibility index (Phi) is 7.42. The molecule has 1 heterocycles. The zero-order valence-corrected chi connectivity index (χ0v) is 18.2. The van der Waals surface area contributed by atoms with Crippen molar-refractivity contribution in [2.24, 2.45) is 5.92 Å². The summed E-state index contributed by atoms with van der Waals surface area (Å²) in [4.78, 5) is 13.1. The van der Waals surface area contributed by atoms with E-state index in [2.05, 4.69) is 10.4 Å². The van der Waals surface area contributed by atoms with E-state index >= 15 is 0 Å². The van der Waals surface area contributed by atoms with Gasteiger partial charge in [0.25, 0.3) is 5.91 Å². The fraction of sp³-hybridized carbons (Fsp3) is 0.429. The fourth-order valence-electron chi connectivity index (χ4n) is 3.51. The minimum atomic E-state index is -3.43. The summed E-state index contributed by atoms with van der Waals surface area (Å²) in [6, 6.07) is 7.15. The van der Waals surface area contributed by atoms with Gasteiger partial charge in [-0.1, -0.05) is 18.2 Å². The molecule has 1 fully saturated rings. The normalized spacial score (nSPS) is 22.7. The highest BCUT2D eigenvalue weighted by Gasteiger charge is 2.34. The molecule has 32 heavy (non-hydrogen) atoms. The van der Waals surface area contributed by atoms with E-state index in [1.807, 2.05) is 0 Å². The van der Waals surface area contributed by atoms with Crippen LogP contribution in [0.5, 0.6) is 0 Å². The van der Waals surface area contributed by atoms with Crippen LogP contribution in [-0.2, 0) is 21.2 Å². The summed E-state index contributed by atoms with van der Waals surface area (Å²) >= 11 is 0. The second-order valence-corrected chi connectivity index (χ2v) is 9.87. The van der Waals surface area contributed by atoms with E-state index in [1.54, 1.807) is 0 Å². The number of carbonyl (C=O) groups is 1. The maximum atomic E-state index is 13.7. The van der Waals surface area contributed by atoms with Crippen molar-refractivity contribution in [3.05, 3.63) is 48.2 Å². The van der Waals surface area contributed by atoms with Crippen LogP contribution in [0.3, 0.4) is 0 Å². The van der Waals surface area contributed by atoms with Gasteiger partial charge in [-0.2, -0.15) is 5.10 Å². The molecule has 4 atom stereocenters. The topological polar surface area (TPSA) is 122 Å². The van der Waals surface area contributed by atoms with Crippen LogP contribution in [0, 0.1) is 5.92 Å². The minimum Gasteiger partial charge on any atom is -0.394 e. The summed E-state index contributed by atoms with van der Waals surface area (Å²) in [5.74, 6) is -0.896. The average Bonchev–Trinajstić information content (AvgIpc) is 3.30. The van der Waals surface area contributed by atoms with Crippen LogP contribution >= 0.6 is 0 Å². The summed E-state index contributed by atoms with van der Waals surface area (Å²) in [5.41, 5.74) is 0.532. The second kappa shape index (κ2) is 9.88. The van der Waals surface area contributed by atoms with Crippen molar-refractivity contribution in [2.75, 3.05) is 18.2 Å². The molecule has 1 amide bonds. The van der Waals surface area contributed by atoms with Gasteiger partial charge < -0.3 is 15.5 Å². The molecule has 1 aliphatic rings. The van der Waals surface area contributed by atoms with Crippen LogP contribution < -0.4 is 5.32 Å². The van der Waals surface area contributed by atoms with Gasteiger partial charge in [0.15, 0.2) is 15.7 Å². The maximum Gasteiger partial charge on any atom is 0.257 e. The van der Waals surface area contributed by atoms with Gasteiger partial charge >= 0.3 is 0 Å². The Morgan fingerprint density at radius 1 is 1.25 bits per heavy atom. The van der Waals surface area contributed by atoms with E-state index in [9.17, 15) is 27.1 Å². The number of hydrogen-bond donors (Lipinski definition) is 3. The number of sulfone groups is 1. The maximum absolute atomic E-state index is 13.7. The third-order valence-electron chi connectivity index (χ3n) is 5.18. The lowest BCUT2D eigenvalue weighted by Crippen LogP contribution is -2.20. The Morgan fingerprint density at radius 2 is 1.88 bits per heavy atom. The first-order valence-corrected chi connectivity index (χ1v) is 11.9. The quantitative estimate of drug-likeness (QED) is 0.507. The number of rotatable bonds is 8. The molecular formula is C21H25F2N3O5S. The zero-order valence-electron chi connectivity index (χ0n) is 17.4. The number of aromatic nitrogens is 2. The molecule has 0 aliphatic heterocycles. The van der Waals surface area contributed by atoms with E-state index in [-0.39, 0.29) is 35.7 Å². The lowest BCUT2D eigenvalue weighted by molar-refractivity contribution is -0.111. The molecule has 0 unspecified atom stereocenters. The summed E-state index contributed by atoms with van der Waals surface area (Å²) in [6.07, 6.45) is -0.215. The number of aliphatic hydroxyl groups is 2. The number of amides is 1. The van der Waals surface area contributed by atoms with Crippen LogP contribution in [0.15, 0.2) is 47.5 Å². The molecule has 1 aliphatic carbocycles. The van der Waals surface area contributed by atoms with Crippen LogP contribution in [0.25, 0.3) is 5.57 Å². The number of alkyl halides is 2. The Morgan fingerprint density at radius 3 is 2.44 bits per heavy atom. The first-order valence-electron chi connectivity index (χ1n) is 10.0. The van der Waals surface area contributed by atoms with Gasteiger partial charge in [0.2, 0.25) is 0 Å². The number of nitrogens with zero attached hydrogens (tertiary/aromatic N) is 2. The van der Waals surface area contributed by atoms with E-state index in [1.165, 1.54) is 47.3 Å². The number of hydrogen-bond acceptors (Lipinski definition) is 6. The SMILES string of the molecule is CS(=O)(=O)c1ccc(/C(=C\[C@H]2C[C@@H](F)[C@@H](F)C2)C(=O)Nc2ccn(C[C@H](O)CO)n2)cc1. The van der Waals surface area contributed by atoms with Gasteiger partial charge in [0, 0.05) is 24.1 Å². The van der Waals surface area contributed by atoms with Crippen molar-refractivity contribution >= 4 is 27.1 Å². The molecule has 1 aromatic heterocycles. The lowest BCUT2D eigenvalue weighted by atomic mass is 9.98. The average molecular weight is 470 g/mol. The minimum absolute atomic E-state index is 0.0277. The van der Waals surface area contributed by atoms with Crippen molar-refractivity contribution < 1.29 is 32.2 Å². The molecule has 0 spiro atoms. The number of aliphatic hydroxyl groups excluding tert-OH is 2. The predicted octanol–water partition coefficient (Wildman–Crippen LogP) is 1.75. The Hall–Kier alpha value is -2.63. The number of benzene rings is 1. The zero-order chi connectivity index (χ0) is 23.5. The number of allylic oxidation sites excluding steroid dienone is 1. The Balaban J connectivity index is 1.86. The molecule has 1 aromatic carbocycles. The van der Waals surface area contributed by atoms with Crippen molar-refractivity contribution in [1.29, 1.82) is 0 Å². The van der Waals surface area contributed by atoms with Gasteiger partial charge in [0.1, 0.15) is 12.3 Å². The van der Waals surface area contributed by atoms with E-state index < -0.39 is 46.7 Å². The molecule has 174 valence electrons. The lowest BCUT2D eigenvalue weighted by Gasteiger charge is -2.12. The highest BCUT2D eigenvalue weighted by Crippen LogP contribution is 2.34. The molecule has 8 nitrogen and oxygen atoms in total. The van der Waals surface area contributed by atoms with Crippen LogP contribution in [-0.4, -0.2) is 65.6 Å². The first kappa shape index (κ1) is 24.0. The van der Waals surface area contributed by atoms with Gasteiger partial charge in [-0.25, -0.2) is 17.2 Å². The van der Waals surface area contributed by atoms with Gasteiger partial charge in [-0.05, 0) is 36.5 Å². The number of anilines is 1. The first-order chi connectivity index (χ1) is 15.1. The number of carbonyl (C=O) groups excluding carboxylic acids is 1. The third-order valence-corrected chi connectivity index (χ3v) is 6.31. The molecule has 3 rings (SSSR count). The molecule has 11 heteroatoms. The highest BCUT2D eigenvalue weighted by atomic mass is 32.2. The van der Waals surface area contributed by atoms with E-state index in [0.29, 0.717) is 5.56 Å². The molecule has 3 N–H and O–H groups in total. The molecule has 0 bridgehead atoms. The van der Waals surface area contributed by atoms with E-state index in [0.717, 1.165) is 6.26 Å². The Labute approximate surface area is 184 Å². The number of nitrogens with one attached hydrogen (secondary N) is 1. The van der Waals surface area contributed by atoms with Crippen molar-refractivity contribution in [3.8, 4) is 0 Å². The highest BCUT2D eigenvalue weighted by molar-refractivity contribution is 7.90. The molecule has 1 saturated carbocycles. The second-order valence-electron chi connectivity index (χ2n) is 7.85. The predicted molar refractivity (Wildman–Crippen MR) is 114 cm³/mol. The number of halogens is 2. The van der Waals surface area contributed by atoms with Crippen molar-refractivity contribution in [3.63, 3.8) is 0 Å². The van der Waals surface area contributed by atoms with Crippen molar-refractivity contribution in [1.82, 2.24) is 9.78 Å². The summed E-state index contributed by atoms with van der Waals surface area (Å²) in [7, 11) is -3.43. The molecule has 0 saturated heterocycles. The largest absolute Gasteiger partial charge is 0.394 e. The van der Waals surface area contributed by atoms with Gasteiger partial charge in [-0.15, -0.1) is 0 Å². The van der Waals surface area contributed by atoms with E-state index in [4.69, 9.17) is 5.11 Å². The fourth-order valence-corrected chi connectivity index (χ4v) is 4.14.